The van der Waals surface area contributed by atoms with Crippen LogP contribution in [0, 0.1) is 13.8 Å². The van der Waals surface area contributed by atoms with Gasteiger partial charge in [0.15, 0.2) is 0 Å². The zero-order chi connectivity index (χ0) is 15.2. The van der Waals surface area contributed by atoms with E-state index in [9.17, 15) is 4.79 Å². The van der Waals surface area contributed by atoms with Crippen molar-refractivity contribution in [3.8, 4) is 0 Å². The monoisotopic (exact) mass is 287 g/mol. The molecule has 0 radical (unpaired) electrons. The van der Waals surface area contributed by atoms with Crippen molar-refractivity contribution in [2.75, 3.05) is 11.9 Å². The number of hydrogen-bond acceptors (Lipinski definition) is 5. The minimum atomic E-state index is -0.109. The van der Waals surface area contributed by atoms with Crippen LogP contribution < -0.4 is 10.9 Å². The van der Waals surface area contributed by atoms with E-state index in [1.54, 1.807) is 0 Å². The third-order valence-corrected chi connectivity index (χ3v) is 3.08. The summed E-state index contributed by atoms with van der Waals surface area (Å²) in [6.07, 6.45) is 4.52. The van der Waals surface area contributed by atoms with Gasteiger partial charge in [-0.1, -0.05) is 13.3 Å². The number of nitrogens with zero attached hydrogens (tertiary/aromatic N) is 3. The van der Waals surface area contributed by atoms with Crippen LogP contribution >= 0.6 is 0 Å². The maximum atomic E-state index is 11.4. The third-order valence-electron chi connectivity index (χ3n) is 3.08. The molecule has 6 nitrogen and oxygen atoms in total. The van der Waals surface area contributed by atoms with E-state index in [1.165, 1.54) is 6.07 Å². The van der Waals surface area contributed by atoms with Crippen LogP contribution in [0.1, 0.15) is 36.3 Å². The van der Waals surface area contributed by atoms with Crippen molar-refractivity contribution in [1.82, 2.24) is 19.9 Å². The molecule has 0 spiro atoms. The molecule has 0 aliphatic rings. The first kappa shape index (κ1) is 15.2. The molecule has 0 fully saturated rings. The zero-order valence-electron chi connectivity index (χ0n) is 12.7. The van der Waals surface area contributed by atoms with Gasteiger partial charge in [0.1, 0.15) is 17.5 Å². The Kier molecular flexibility index (Phi) is 5.03. The van der Waals surface area contributed by atoms with Crippen molar-refractivity contribution in [2.45, 2.75) is 40.0 Å². The topological polar surface area (TPSA) is 83.6 Å². The molecule has 0 saturated heterocycles. The van der Waals surface area contributed by atoms with Crippen molar-refractivity contribution in [2.24, 2.45) is 0 Å². The van der Waals surface area contributed by atoms with Gasteiger partial charge >= 0.3 is 0 Å². The minimum absolute atomic E-state index is 0.109. The summed E-state index contributed by atoms with van der Waals surface area (Å²) in [4.78, 5) is 27.1. The summed E-state index contributed by atoms with van der Waals surface area (Å²) >= 11 is 0. The molecule has 21 heavy (non-hydrogen) atoms. The van der Waals surface area contributed by atoms with E-state index < -0.39 is 0 Å². The summed E-state index contributed by atoms with van der Waals surface area (Å²) < 4.78 is 0. The van der Waals surface area contributed by atoms with Crippen molar-refractivity contribution in [3.63, 3.8) is 0 Å². The molecule has 112 valence electrons. The molecule has 0 aliphatic heterocycles. The summed E-state index contributed by atoms with van der Waals surface area (Å²) in [5.41, 5.74) is 1.74. The minimum Gasteiger partial charge on any atom is -0.369 e. The molecule has 2 aromatic rings. The SMILES string of the molecule is CCCc1cnc(C)nc1NCCc1nc(C)cc(=O)[nH]1. The molecule has 0 bridgehead atoms. The Morgan fingerprint density at radius 1 is 1.24 bits per heavy atom. The van der Waals surface area contributed by atoms with Crippen LogP contribution in [0.15, 0.2) is 17.1 Å². The highest BCUT2D eigenvalue weighted by atomic mass is 16.1. The predicted octanol–water partition coefficient (Wildman–Crippen LogP) is 1.78. The van der Waals surface area contributed by atoms with Crippen LogP contribution in [-0.2, 0) is 12.8 Å². The van der Waals surface area contributed by atoms with Crippen LogP contribution in [0.4, 0.5) is 5.82 Å². The number of rotatable bonds is 6. The zero-order valence-corrected chi connectivity index (χ0v) is 12.7. The summed E-state index contributed by atoms with van der Waals surface area (Å²) in [5, 5.41) is 3.31. The van der Waals surface area contributed by atoms with Crippen molar-refractivity contribution in [1.29, 1.82) is 0 Å². The third kappa shape index (κ3) is 4.37. The Bertz CT molecular complexity index is 665. The summed E-state index contributed by atoms with van der Waals surface area (Å²) in [6.45, 7) is 6.49. The van der Waals surface area contributed by atoms with Crippen LogP contribution in [0.25, 0.3) is 0 Å². The Morgan fingerprint density at radius 3 is 2.76 bits per heavy atom. The largest absolute Gasteiger partial charge is 0.369 e. The smallest absolute Gasteiger partial charge is 0.251 e. The summed E-state index contributed by atoms with van der Waals surface area (Å²) in [5.74, 6) is 2.31. The van der Waals surface area contributed by atoms with Crippen molar-refractivity contribution >= 4 is 5.82 Å². The fourth-order valence-corrected chi connectivity index (χ4v) is 2.16. The van der Waals surface area contributed by atoms with E-state index in [2.05, 4.69) is 32.2 Å². The molecule has 2 rings (SSSR count). The molecule has 2 aromatic heterocycles. The van der Waals surface area contributed by atoms with Gasteiger partial charge in [0.2, 0.25) is 0 Å². The number of anilines is 1. The molecule has 2 heterocycles. The molecule has 0 aliphatic carbocycles. The standard InChI is InChI=1S/C15H21N5O/c1-4-5-12-9-17-11(3)19-15(12)16-7-6-13-18-10(2)8-14(21)20-13/h8-9H,4-7H2,1-3H3,(H,16,17,19)(H,18,20,21). The fraction of sp³-hybridized carbons (Fsp3) is 0.467. The second-order valence-electron chi connectivity index (χ2n) is 5.05. The molecular formula is C15H21N5O. The summed E-state index contributed by atoms with van der Waals surface area (Å²) in [7, 11) is 0. The average molecular weight is 287 g/mol. The lowest BCUT2D eigenvalue weighted by Crippen LogP contribution is -2.16. The molecular weight excluding hydrogens is 266 g/mol. The van der Waals surface area contributed by atoms with Crippen LogP contribution in [0.2, 0.25) is 0 Å². The lowest BCUT2D eigenvalue weighted by Gasteiger charge is -2.10. The first-order chi connectivity index (χ1) is 10.1. The molecule has 0 atom stereocenters. The van der Waals surface area contributed by atoms with E-state index >= 15 is 0 Å². The van der Waals surface area contributed by atoms with Gasteiger partial charge in [0.05, 0.1) is 0 Å². The number of nitrogens with one attached hydrogen (secondary N) is 2. The first-order valence-electron chi connectivity index (χ1n) is 7.21. The van der Waals surface area contributed by atoms with E-state index in [4.69, 9.17) is 0 Å². The Labute approximate surface area is 124 Å². The highest BCUT2D eigenvalue weighted by molar-refractivity contribution is 5.43. The number of H-pyrrole nitrogens is 1. The van der Waals surface area contributed by atoms with Crippen LogP contribution in [0.3, 0.4) is 0 Å². The number of aryl methyl sites for hydroxylation is 3. The van der Waals surface area contributed by atoms with Crippen LogP contribution in [0.5, 0.6) is 0 Å². The van der Waals surface area contributed by atoms with Gasteiger partial charge in [-0.3, -0.25) is 4.79 Å². The van der Waals surface area contributed by atoms with E-state index in [0.717, 1.165) is 35.7 Å². The van der Waals surface area contributed by atoms with E-state index in [-0.39, 0.29) is 5.56 Å². The van der Waals surface area contributed by atoms with E-state index in [0.29, 0.717) is 18.8 Å². The maximum absolute atomic E-state index is 11.4. The van der Waals surface area contributed by atoms with Crippen molar-refractivity contribution in [3.05, 3.63) is 45.5 Å². The Morgan fingerprint density at radius 2 is 2.05 bits per heavy atom. The van der Waals surface area contributed by atoms with Crippen molar-refractivity contribution < 1.29 is 0 Å². The second-order valence-corrected chi connectivity index (χ2v) is 5.05. The second kappa shape index (κ2) is 6.97. The number of aromatic nitrogens is 4. The molecule has 0 amide bonds. The van der Waals surface area contributed by atoms with Gasteiger partial charge in [0.25, 0.3) is 5.56 Å². The Balaban J connectivity index is 2.02. The van der Waals surface area contributed by atoms with E-state index in [1.807, 2.05) is 20.0 Å². The number of hydrogen-bond donors (Lipinski definition) is 2. The summed E-state index contributed by atoms with van der Waals surface area (Å²) in [6, 6.07) is 1.49. The molecule has 0 aromatic carbocycles. The van der Waals surface area contributed by atoms with Gasteiger partial charge in [-0.25, -0.2) is 15.0 Å². The molecule has 2 N–H and O–H groups in total. The molecule has 0 unspecified atom stereocenters. The predicted molar refractivity (Wildman–Crippen MR) is 82.6 cm³/mol. The molecule has 6 heteroatoms. The lowest BCUT2D eigenvalue weighted by molar-refractivity contribution is 0.848. The van der Waals surface area contributed by atoms with Gasteiger partial charge in [-0.05, 0) is 20.3 Å². The van der Waals surface area contributed by atoms with Gasteiger partial charge in [0, 0.05) is 36.5 Å². The molecule has 0 saturated carbocycles. The normalized spacial score (nSPS) is 10.6. The first-order valence-corrected chi connectivity index (χ1v) is 7.21. The van der Waals surface area contributed by atoms with Crippen LogP contribution in [-0.4, -0.2) is 26.5 Å². The number of aromatic amines is 1. The highest BCUT2D eigenvalue weighted by Crippen LogP contribution is 2.13. The maximum Gasteiger partial charge on any atom is 0.251 e. The average Bonchev–Trinajstić information content (AvgIpc) is 2.41. The Hall–Kier alpha value is -2.24. The highest BCUT2D eigenvalue weighted by Gasteiger charge is 2.05. The quantitative estimate of drug-likeness (QED) is 0.846. The van der Waals surface area contributed by atoms with Gasteiger partial charge in [-0.2, -0.15) is 0 Å². The van der Waals surface area contributed by atoms with Gasteiger partial charge < -0.3 is 10.3 Å². The lowest BCUT2D eigenvalue weighted by atomic mass is 10.2. The fourth-order valence-electron chi connectivity index (χ4n) is 2.16. The van der Waals surface area contributed by atoms with Gasteiger partial charge in [-0.15, -0.1) is 0 Å².